The van der Waals surface area contributed by atoms with Crippen molar-refractivity contribution >= 4 is 33.2 Å². The van der Waals surface area contributed by atoms with Gasteiger partial charge in [-0.05, 0) is 48.9 Å². The fourth-order valence-electron chi connectivity index (χ4n) is 2.77. The molecule has 3 rings (SSSR count). The van der Waals surface area contributed by atoms with Gasteiger partial charge in [0.25, 0.3) is 15.9 Å². The standard InChI is InChI=1S/C22H21ClN2O3S/c1-16-10-12-19(13-11-16)25(2)29(27,28)20-8-5-7-17(14-20)22(26)24-15-18-6-3-4-9-21(18)23/h3-14H,15H2,1-2H3,(H,24,26). The first kappa shape index (κ1) is 20.9. The van der Waals surface area contributed by atoms with Gasteiger partial charge in [0.2, 0.25) is 0 Å². The van der Waals surface area contributed by atoms with E-state index in [4.69, 9.17) is 11.6 Å². The lowest BCUT2D eigenvalue weighted by molar-refractivity contribution is 0.0950. The maximum absolute atomic E-state index is 13.0. The summed E-state index contributed by atoms with van der Waals surface area (Å²) in [4.78, 5) is 12.6. The average Bonchev–Trinajstić information content (AvgIpc) is 2.73. The molecule has 3 aromatic rings. The molecule has 7 heteroatoms. The third-order valence-electron chi connectivity index (χ3n) is 4.55. The van der Waals surface area contributed by atoms with Crippen molar-refractivity contribution in [3.63, 3.8) is 0 Å². The Labute approximate surface area is 176 Å². The number of aryl methyl sites for hydroxylation is 1. The van der Waals surface area contributed by atoms with Crippen molar-refractivity contribution in [3.05, 3.63) is 94.5 Å². The molecule has 0 heterocycles. The van der Waals surface area contributed by atoms with Crippen molar-refractivity contribution in [3.8, 4) is 0 Å². The van der Waals surface area contributed by atoms with Gasteiger partial charge in [0.05, 0.1) is 10.6 Å². The molecule has 0 aromatic heterocycles. The highest BCUT2D eigenvalue weighted by atomic mass is 35.5. The molecule has 0 aliphatic heterocycles. The van der Waals surface area contributed by atoms with Crippen LogP contribution >= 0.6 is 11.6 Å². The number of carbonyl (C=O) groups excluding carboxylic acids is 1. The Kier molecular flexibility index (Phi) is 6.25. The van der Waals surface area contributed by atoms with E-state index in [1.807, 2.05) is 37.3 Å². The van der Waals surface area contributed by atoms with Gasteiger partial charge in [0.1, 0.15) is 0 Å². The quantitative estimate of drug-likeness (QED) is 0.632. The van der Waals surface area contributed by atoms with Gasteiger partial charge in [-0.2, -0.15) is 0 Å². The minimum Gasteiger partial charge on any atom is -0.348 e. The first-order valence-electron chi connectivity index (χ1n) is 8.96. The average molecular weight is 429 g/mol. The van der Waals surface area contributed by atoms with Crippen LogP contribution < -0.4 is 9.62 Å². The van der Waals surface area contributed by atoms with Crippen molar-refractivity contribution in [2.75, 3.05) is 11.4 Å². The minimum absolute atomic E-state index is 0.0472. The van der Waals surface area contributed by atoms with Crippen molar-refractivity contribution in [1.82, 2.24) is 5.32 Å². The molecule has 0 radical (unpaired) electrons. The molecule has 0 aliphatic carbocycles. The summed E-state index contributed by atoms with van der Waals surface area (Å²) in [6, 6.07) is 20.4. The molecular formula is C22H21ClN2O3S. The van der Waals surface area contributed by atoms with Crippen LogP contribution in [0.5, 0.6) is 0 Å². The monoisotopic (exact) mass is 428 g/mol. The normalized spacial score (nSPS) is 11.1. The number of carbonyl (C=O) groups is 1. The highest BCUT2D eigenvalue weighted by Crippen LogP contribution is 2.23. The molecule has 0 aliphatic rings. The summed E-state index contributed by atoms with van der Waals surface area (Å²) in [6.07, 6.45) is 0. The first-order valence-corrected chi connectivity index (χ1v) is 10.8. The molecule has 0 spiro atoms. The Balaban J connectivity index is 1.80. The summed E-state index contributed by atoms with van der Waals surface area (Å²) in [7, 11) is -2.31. The highest BCUT2D eigenvalue weighted by molar-refractivity contribution is 7.92. The second-order valence-corrected chi connectivity index (χ2v) is 8.99. The van der Waals surface area contributed by atoms with Crippen molar-refractivity contribution in [2.24, 2.45) is 0 Å². The topological polar surface area (TPSA) is 66.5 Å². The van der Waals surface area contributed by atoms with Gasteiger partial charge in [-0.1, -0.05) is 53.6 Å². The van der Waals surface area contributed by atoms with E-state index in [1.54, 1.807) is 30.3 Å². The summed E-state index contributed by atoms with van der Waals surface area (Å²) in [5.41, 5.74) is 2.63. The Bertz CT molecular complexity index is 1130. The van der Waals surface area contributed by atoms with Crippen LogP contribution in [0, 0.1) is 6.92 Å². The van der Waals surface area contributed by atoms with Crippen LogP contribution in [0.2, 0.25) is 5.02 Å². The Morgan fingerprint density at radius 2 is 1.69 bits per heavy atom. The van der Waals surface area contributed by atoms with E-state index >= 15 is 0 Å². The van der Waals surface area contributed by atoms with Gasteiger partial charge in [0, 0.05) is 24.2 Å². The van der Waals surface area contributed by atoms with Gasteiger partial charge in [0.15, 0.2) is 0 Å². The zero-order valence-electron chi connectivity index (χ0n) is 16.1. The number of benzene rings is 3. The van der Waals surface area contributed by atoms with Gasteiger partial charge in [-0.25, -0.2) is 8.42 Å². The van der Waals surface area contributed by atoms with Crippen molar-refractivity contribution in [1.29, 1.82) is 0 Å². The summed E-state index contributed by atoms with van der Waals surface area (Å²) in [5, 5.41) is 3.33. The van der Waals surface area contributed by atoms with Crippen LogP contribution in [0.25, 0.3) is 0 Å². The maximum Gasteiger partial charge on any atom is 0.264 e. The van der Waals surface area contributed by atoms with Gasteiger partial charge in [-0.15, -0.1) is 0 Å². The largest absolute Gasteiger partial charge is 0.348 e. The summed E-state index contributed by atoms with van der Waals surface area (Å²) in [5.74, 6) is -0.375. The van der Waals surface area contributed by atoms with E-state index in [-0.39, 0.29) is 22.9 Å². The summed E-state index contributed by atoms with van der Waals surface area (Å²) < 4.78 is 27.2. The van der Waals surface area contributed by atoms with Crippen molar-refractivity contribution in [2.45, 2.75) is 18.4 Å². The van der Waals surface area contributed by atoms with E-state index in [0.717, 1.165) is 11.1 Å². The third-order valence-corrected chi connectivity index (χ3v) is 6.70. The minimum atomic E-state index is -3.80. The predicted molar refractivity (Wildman–Crippen MR) is 116 cm³/mol. The Morgan fingerprint density at radius 1 is 1.00 bits per heavy atom. The molecule has 0 bridgehead atoms. The number of hydrogen-bond acceptors (Lipinski definition) is 3. The lowest BCUT2D eigenvalue weighted by atomic mass is 10.2. The van der Waals surface area contributed by atoms with Crippen LogP contribution in [0.3, 0.4) is 0 Å². The van der Waals surface area contributed by atoms with Gasteiger partial charge in [-0.3, -0.25) is 9.10 Å². The second kappa shape index (κ2) is 8.68. The number of hydrogen-bond donors (Lipinski definition) is 1. The number of sulfonamides is 1. The van der Waals surface area contributed by atoms with E-state index in [2.05, 4.69) is 5.32 Å². The van der Waals surface area contributed by atoms with E-state index in [1.165, 1.54) is 23.5 Å². The maximum atomic E-state index is 13.0. The molecule has 3 aromatic carbocycles. The molecule has 5 nitrogen and oxygen atoms in total. The summed E-state index contributed by atoms with van der Waals surface area (Å²) in [6.45, 7) is 2.18. The van der Waals surface area contributed by atoms with Crippen LogP contribution in [0.1, 0.15) is 21.5 Å². The Morgan fingerprint density at radius 3 is 2.38 bits per heavy atom. The molecule has 1 amide bonds. The number of rotatable bonds is 6. The predicted octanol–water partition coefficient (Wildman–Crippen LogP) is 4.40. The molecule has 0 saturated carbocycles. The van der Waals surface area contributed by atoms with E-state index in [9.17, 15) is 13.2 Å². The molecule has 0 fully saturated rings. The number of amides is 1. The summed E-state index contributed by atoms with van der Waals surface area (Å²) >= 11 is 6.11. The zero-order valence-corrected chi connectivity index (χ0v) is 17.7. The number of nitrogens with one attached hydrogen (secondary N) is 1. The Hall–Kier alpha value is -2.83. The zero-order chi connectivity index (χ0) is 21.0. The molecule has 1 N–H and O–H groups in total. The lowest BCUT2D eigenvalue weighted by Gasteiger charge is -2.20. The lowest BCUT2D eigenvalue weighted by Crippen LogP contribution is -2.27. The first-order chi connectivity index (χ1) is 13.8. The number of anilines is 1. The SMILES string of the molecule is Cc1ccc(N(C)S(=O)(=O)c2cccc(C(=O)NCc3ccccc3Cl)c2)cc1. The molecule has 150 valence electrons. The highest BCUT2D eigenvalue weighted by Gasteiger charge is 2.22. The van der Waals surface area contributed by atoms with E-state index < -0.39 is 10.0 Å². The second-order valence-electron chi connectivity index (χ2n) is 6.61. The van der Waals surface area contributed by atoms with Crippen LogP contribution in [0.4, 0.5) is 5.69 Å². The van der Waals surface area contributed by atoms with Crippen molar-refractivity contribution < 1.29 is 13.2 Å². The van der Waals surface area contributed by atoms with Gasteiger partial charge < -0.3 is 5.32 Å². The van der Waals surface area contributed by atoms with Crippen LogP contribution in [0.15, 0.2) is 77.7 Å². The molecule has 29 heavy (non-hydrogen) atoms. The molecule has 0 saturated heterocycles. The molecule has 0 unspecified atom stereocenters. The fourth-order valence-corrected chi connectivity index (χ4v) is 4.21. The van der Waals surface area contributed by atoms with Crippen LogP contribution in [-0.4, -0.2) is 21.4 Å². The van der Waals surface area contributed by atoms with Gasteiger partial charge >= 0.3 is 0 Å². The molecular weight excluding hydrogens is 408 g/mol. The smallest absolute Gasteiger partial charge is 0.264 e. The molecule has 0 atom stereocenters. The fraction of sp³-hybridized carbons (Fsp3) is 0.136. The number of halogens is 1. The van der Waals surface area contributed by atoms with Crippen LogP contribution in [-0.2, 0) is 16.6 Å². The third kappa shape index (κ3) is 4.78. The van der Waals surface area contributed by atoms with E-state index in [0.29, 0.717) is 10.7 Å². The number of nitrogens with zero attached hydrogens (tertiary/aromatic N) is 1.